The summed E-state index contributed by atoms with van der Waals surface area (Å²) in [6.45, 7) is 0. The van der Waals surface area contributed by atoms with E-state index in [1.807, 2.05) is 0 Å². The van der Waals surface area contributed by atoms with Crippen LogP contribution in [-0.2, 0) is 11.2 Å². The summed E-state index contributed by atoms with van der Waals surface area (Å²) >= 11 is 1.17. The van der Waals surface area contributed by atoms with E-state index in [0.29, 0.717) is 38.2 Å². The summed E-state index contributed by atoms with van der Waals surface area (Å²) in [6, 6.07) is 7.76. The molecule has 1 N–H and O–H groups in total. The zero-order valence-electron chi connectivity index (χ0n) is 15.3. The molecule has 0 spiro atoms. The van der Waals surface area contributed by atoms with Crippen LogP contribution in [0.25, 0.3) is 10.2 Å². The first kappa shape index (κ1) is 19.4. The molecule has 0 aliphatic rings. The molecule has 0 saturated carbocycles. The Bertz CT molecular complexity index is 1020. The number of amides is 1. The summed E-state index contributed by atoms with van der Waals surface area (Å²) in [7, 11) is 4.51. The predicted octanol–water partition coefficient (Wildman–Crippen LogP) is 3.41. The molecule has 0 bridgehead atoms. The summed E-state index contributed by atoms with van der Waals surface area (Å²) in [5.74, 6) is 1.07. The summed E-state index contributed by atoms with van der Waals surface area (Å²) < 4.78 is 16.5. The molecule has 146 valence electrons. The maximum atomic E-state index is 12.4. The maximum Gasteiger partial charge on any atom is 0.270 e. The van der Waals surface area contributed by atoms with E-state index >= 15 is 0 Å². The van der Waals surface area contributed by atoms with Gasteiger partial charge in [0.2, 0.25) is 11.7 Å². The number of benzene rings is 2. The van der Waals surface area contributed by atoms with Crippen LogP contribution in [0.5, 0.6) is 17.2 Å². The van der Waals surface area contributed by atoms with Crippen molar-refractivity contribution in [3.8, 4) is 17.2 Å². The molecule has 0 radical (unpaired) electrons. The molecule has 1 amide bonds. The van der Waals surface area contributed by atoms with Crippen molar-refractivity contribution in [1.82, 2.24) is 4.98 Å². The van der Waals surface area contributed by atoms with E-state index < -0.39 is 4.92 Å². The zero-order chi connectivity index (χ0) is 20.3. The fourth-order valence-electron chi connectivity index (χ4n) is 2.67. The third-order valence-electron chi connectivity index (χ3n) is 3.92. The largest absolute Gasteiger partial charge is 0.493 e. The van der Waals surface area contributed by atoms with Crippen molar-refractivity contribution < 1.29 is 23.9 Å². The number of fused-ring (bicyclic) bond motifs is 1. The van der Waals surface area contributed by atoms with Crippen LogP contribution < -0.4 is 19.5 Å². The van der Waals surface area contributed by atoms with Gasteiger partial charge in [-0.25, -0.2) is 4.98 Å². The molecule has 3 rings (SSSR count). The number of thiazole rings is 1. The third kappa shape index (κ3) is 3.96. The molecule has 0 fully saturated rings. The minimum absolute atomic E-state index is 0.0218. The zero-order valence-corrected chi connectivity index (χ0v) is 16.2. The molecule has 0 unspecified atom stereocenters. The standard InChI is InChI=1S/C18H17N3O6S/c1-25-13-6-10(7-14(26-2)17(13)27-3)8-16(22)20-18-19-12-5-4-11(21(23)24)9-15(12)28-18/h4-7,9H,8H2,1-3H3,(H,19,20,22). The minimum Gasteiger partial charge on any atom is -0.493 e. The van der Waals surface area contributed by atoms with Crippen LogP contribution in [0.2, 0.25) is 0 Å². The minimum atomic E-state index is -0.470. The SMILES string of the molecule is COc1cc(CC(=O)Nc2nc3ccc([N+](=O)[O-])cc3s2)cc(OC)c1OC. The number of methoxy groups -OCH3 is 3. The van der Waals surface area contributed by atoms with Crippen molar-refractivity contribution in [3.05, 3.63) is 46.0 Å². The highest BCUT2D eigenvalue weighted by atomic mass is 32.1. The van der Waals surface area contributed by atoms with Gasteiger partial charge in [-0.1, -0.05) is 11.3 Å². The number of nitro groups is 1. The first-order chi connectivity index (χ1) is 13.4. The number of ether oxygens (including phenoxy) is 3. The molecule has 1 aromatic heterocycles. The van der Waals surface area contributed by atoms with Crippen molar-refractivity contribution in [3.63, 3.8) is 0 Å². The van der Waals surface area contributed by atoms with Crippen molar-refractivity contribution in [2.24, 2.45) is 0 Å². The molecule has 0 atom stereocenters. The summed E-state index contributed by atoms with van der Waals surface area (Å²) in [5.41, 5.74) is 1.23. The van der Waals surface area contributed by atoms with E-state index in [1.165, 1.54) is 44.8 Å². The lowest BCUT2D eigenvalue weighted by Gasteiger charge is -2.13. The number of anilines is 1. The van der Waals surface area contributed by atoms with E-state index in [4.69, 9.17) is 14.2 Å². The van der Waals surface area contributed by atoms with Gasteiger partial charge in [0, 0.05) is 12.1 Å². The van der Waals surface area contributed by atoms with Crippen LogP contribution >= 0.6 is 11.3 Å². The van der Waals surface area contributed by atoms with Crippen LogP contribution in [0.4, 0.5) is 10.8 Å². The van der Waals surface area contributed by atoms with Crippen LogP contribution in [0.15, 0.2) is 30.3 Å². The van der Waals surface area contributed by atoms with Gasteiger partial charge in [-0.3, -0.25) is 14.9 Å². The molecular weight excluding hydrogens is 386 g/mol. The first-order valence-corrected chi connectivity index (χ1v) is 8.90. The van der Waals surface area contributed by atoms with Gasteiger partial charge in [0.25, 0.3) is 5.69 Å². The fourth-order valence-corrected chi connectivity index (χ4v) is 3.58. The number of hydrogen-bond donors (Lipinski definition) is 1. The molecule has 0 aliphatic carbocycles. The maximum absolute atomic E-state index is 12.4. The molecule has 10 heteroatoms. The Labute approximate surface area is 164 Å². The monoisotopic (exact) mass is 403 g/mol. The fraction of sp³-hybridized carbons (Fsp3) is 0.222. The van der Waals surface area contributed by atoms with Gasteiger partial charge in [-0.05, 0) is 23.8 Å². The predicted molar refractivity (Wildman–Crippen MR) is 105 cm³/mol. The average molecular weight is 403 g/mol. The molecule has 9 nitrogen and oxygen atoms in total. The number of non-ortho nitro benzene ring substituents is 1. The molecule has 28 heavy (non-hydrogen) atoms. The van der Waals surface area contributed by atoms with Gasteiger partial charge < -0.3 is 19.5 Å². The Morgan fingerprint density at radius 3 is 2.39 bits per heavy atom. The normalized spacial score (nSPS) is 10.5. The van der Waals surface area contributed by atoms with E-state index in [0.717, 1.165) is 0 Å². The molecule has 3 aromatic rings. The highest BCUT2D eigenvalue weighted by Crippen LogP contribution is 2.38. The van der Waals surface area contributed by atoms with Crippen molar-refractivity contribution in [2.45, 2.75) is 6.42 Å². The van der Waals surface area contributed by atoms with Gasteiger partial charge >= 0.3 is 0 Å². The molecular formula is C18H17N3O6S. The van der Waals surface area contributed by atoms with E-state index in [-0.39, 0.29) is 18.0 Å². The van der Waals surface area contributed by atoms with Gasteiger partial charge in [-0.15, -0.1) is 0 Å². The summed E-state index contributed by atoms with van der Waals surface area (Å²) in [4.78, 5) is 27.1. The van der Waals surface area contributed by atoms with Crippen LogP contribution in [0.1, 0.15) is 5.56 Å². The third-order valence-corrected chi connectivity index (χ3v) is 4.85. The van der Waals surface area contributed by atoms with Gasteiger partial charge in [0.15, 0.2) is 16.6 Å². The number of nitro benzene ring substituents is 1. The number of nitrogens with zero attached hydrogens (tertiary/aromatic N) is 2. The Kier molecular flexibility index (Phi) is 5.59. The molecule has 0 saturated heterocycles. The lowest BCUT2D eigenvalue weighted by Crippen LogP contribution is -2.14. The molecule has 2 aromatic carbocycles. The van der Waals surface area contributed by atoms with Crippen molar-refractivity contribution >= 4 is 38.3 Å². The van der Waals surface area contributed by atoms with E-state index in [1.54, 1.807) is 18.2 Å². The number of carbonyl (C=O) groups is 1. The second-order valence-electron chi connectivity index (χ2n) is 5.69. The van der Waals surface area contributed by atoms with Crippen LogP contribution in [0, 0.1) is 10.1 Å². The van der Waals surface area contributed by atoms with Gasteiger partial charge in [-0.2, -0.15) is 0 Å². The number of rotatable bonds is 7. The Morgan fingerprint density at radius 1 is 1.14 bits per heavy atom. The number of hydrogen-bond acceptors (Lipinski definition) is 8. The molecule has 0 aliphatic heterocycles. The Hall–Kier alpha value is -3.40. The molecule has 1 heterocycles. The smallest absolute Gasteiger partial charge is 0.270 e. The first-order valence-electron chi connectivity index (χ1n) is 8.09. The van der Waals surface area contributed by atoms with Gasteiger partial charge in [0.1, 0.15) is 0 Å². The summed E-state index contributed by atoms with van der Waals surface area (Å²) in [6.07, 6.45) is 0.0623. The second kappa shape index (κ2) is 8.09. The highest BCUT2D eigenvalue weighted by molar-refractivity contribution is 7.22. The highest BCUT2D eigenvalue weighted by Gasteiger charge is 2.16. The Morgan fingerprint density at radius 2 is 1.82 bits per heavy atom. The van der Waals surface area contributed by atoms with Crippen molar-refractivity contribution in [1.29, 1.82) is 0 Å². The summed E-state index contributed by atoms with van der Waals surface area (Å²) in [5, 5.41) is 14.0. The number of nitrogens with one attached hydrogen (secondary N) is 1. The Balaban J connectivity index is 1.78. The topological polar surface area (TPSA) is 113 Å². The van der Waals surface area contributed by atoms with E-state index in [9.17, 15) is 14.9 Å². The number of aromatic nitrogens is 1. The second-order valence-corrected chi connectivity index (χ2v) is 6.72. The lowest BCUT2D eigenvalue weighted by atomic mass is 10.1. The number of carbonyl (C=O) groups excluding carboxylic acids is 1. The lowest BCUT2D eigenvalue weighted by molar-refractivity contribution is -0.384. The van der Waals surface area contributed by atoms with Gasteiger partial charge in [0.05, 0.1) is 42.9 Å². The van der Waals surface area contributed by atoms with Crippen molar-refractivity contribution in [2.75, 3.05) is 26.6 Å². The van der Waals surface area contributed by atoms with Crippen LogP contribution in [0.3, 0.4) is 0 Å². The van der Waals surface area contributed by atoms with E-state index in [2.05, 4.69) is 10.3 Å². The van der Waals surface area contributed by atoms with Crippen LogP contribution in [-0.4, -0.2) is 37.1 Å². The quantitative estimate of drug-likeness (QED) is 0.475. The average Bonchev–Trinajstić information content (AvgIpc) is 3.07.